The zero-order valence-electron chi connectivity index (χ0n) is 8.58. The first kappa shape index (κ1) is 9.29. The standard InChI is InChI=1S/C10H9N5S/c1-6-3-16-4-7(6)8-2-9-14-12-5-15(9)10(11)13-8/h2-5H,1H3,(H2,11,13). The number of aryl methyl sites for hydroxylation is 1. The van der Waals surface area contributed by atoms with E-state index in [1.54, 1.807) is 22.1 Å². The molecule has 0 spiro atoms. The van der Waals surface area contributed by atoms with E-state index in [4.69, 9.17) is 5.73 Å². The molecule has 0 aliphatic carbocycles. The number of aromatic nitrogens is 4. The summed E-state index contributed by atoms with van der Waals surface area (Å²) in [5.74, 6) is 0.406. The molecule has 80 valence electrons. The first-order valence-electron chi connectivity index (χ1n) is 4.75. The topological polar surface area (TPSA) is 69.1 Å². The first-order chi connectivity index (χ1) is 7.75. The smallest absolute Gasteiger partial charge is 0.207 e. The molecule has 6 heteroatoms. The molecule has 0 unspecified atom stereocenters. The van der Waals surface area contributed by atoms with Gasteiger partial charge in [0.15, 0.2) is 5.65 Å². The van der Waals surface area contributed by atoms with Gasteiger partial charge in [0, 0.05) is 17.0 Å². The molecule has 3 heterocycles. The number of thiophene rings is 1. The van der Waals surface area contributed by atoms with E-state index in [-0.39, 0.29) is 0 Å². The fraction of sp³-hybridized carbons (Fsp3) is 0.100. The Hall–Kier alpha value is -1.95. The molecule has 0 fully saturated rings. The Morgan fingerprint density at radius 1 is 1.38 bits per heavy atom. The van der Waals surface area contributed by atoms with Crippen molar-refractivity contribution in [2.75, 3.05) is 5.73 Å². The second-order valence-electron chi connectivity index (χ2n) is 3.53. The molecular weight excluding hydrogens is 222 g/mol. The highest BCUT2D eigenvalue weighted by Crippen LogP contribution is 2.26. The number of nitrogen functional groups attached to an aromatic ring is 1. The third kappa shape index (κ3) is 1.27. The average Bonchev–Trinajstić information content (AvgIpc) is 2.85. The van der Waals surface area contributed by atoms with Crippen molar-refractivity contribution < 1.29 is 0 Å². The predicted molar refractivity (Wildman–Crippen MR) is 63.2 cm³/mol. The van der Waals surface area contributed by atoms with Gasteiger partial charge in [-0.05, 0) is 17.9 Å². The van der Waals surface area contributed by atoms with Gasteiger partial charge in [-0.3, -0.25) is 4.40 Å². The number of anilines is 1. The Morgan fingerprint density at radius 3 is 3.00 bits per heavy atom. The lowest BCUT2D eigenvalue weighted by Crippen LogP contribution is -2.00. The number of nitrogens with two attached hydrogens (primary N) is 1. The third-order valence-corrected chi connectivity index (χ3v) is 3.31. The van der Waals surface area contributed by atoms with Crippen LogP contribution in [0.15, 0.2) is 23.2 Å². The van der Waals surface area contributed by atoms with Crippen LogP contribution in [-0.2, 0) is 0 Å². The van der Waals surface area contributed by atoms with Crippen LogP contribution in [0.2, 0.25) is 0 Å². The summed E-state index contributed by atoms with van der Waals surface area (Å²) < 4.78 is 1.66. The maximum Gasteiger partial charge on any atom is 0.207 e. The first-order valence-corrected chi connectivity index (χ1v) is 5.69. The lowest BCUT2D eigenvalue weighted by atomic mass is 10.1. The van der Waals surface area contributed by atoms with Crippen molar-refractivity contribution in [3.8, 4) is 11.3 Å². The molecule has 0 amide bonds. The zero-order valence-corrected chi connectivity index (χ0v) is 9.40. The Bertz CT molecular complexity index is 654. The molecule has 0 aromatic carbocycles. The minimum atomic E-state index is 0.406. The van der Waals surface area contributed by atoms with Gasteiger partial charge < -0.3 is 5.73 Å². The Balaban J connectivity index is 2.29. The van der Waals surface area contributed by atoms with E-state index in [0.717, 1.165) is 11.3 Å². The van der Waals surface area contributed by atoms with Crippen LogP contribution in [0.3, 0.4) is 0 Å². The van der Waals surface area contributed by atoms with Crippen molar-refractivity contribution in [2.24, 2.45) is 0 Å². The monoisotopic (exact) mass is 231 g/mol. The molecule has 3 aromatic rings. The van der Waals surface area contributed by atoms with Crippen LogP contribution in [-0.4, -0.2) is 19.6 Å². The SMILES string of the molecule is Cc1cscc1-c1cc2nncn2c(N)n1. The molecule has 0 aliphatic heterocycles. The third-order valence-electron chi connectivity index (χ3n) is 2.45. The lowest BCUT2D eigenvalue weighted by Gasteiger charge is -2.02. The number of hydrogen-bond donors (Lipinski definition) is 1. The summed E-state index contributed by atoms with van der Waals surface area (Å²) >= 11 is 1.65. The van der Waals surface area contributed by atoms with E-state index in [1.807, 2.05) is 6.07 Å². The molecule has 0 atom stereocenters. The summed E-state index contributed by atoms with van der Waals surface area (Å²) in [7, 11) is 0. The summed E-state index contributed by atoms with van der Waals surface area (Å²) in [5, 5.41) is 11.9. The van der Waals surface area contributed by atoms with Crippen molar-refractivity contribution in [1.82, 2.24) is 19.6 Å². The molecule has 0 bridgehead atoms. The minimum Gasteiger partial charge on any atom is -0.369 e. The second kappa shape index (κ2) is 3.28. The highest BCUT2D eigenvalue weighted by molar-refractivity contribution is 7.08. The molecule has 0 radical (unpaired) electrons. The van der Waals surface area contributed by atoms with Crippen LogP contribution >= 0.6 is 11.3 Å². The zero-order chi connectivity index (χ0) is 11.1. The van der Waals surface area contributed by atoms with Crippen molar-refractivity contribution in [1.29, 1.82) is 0 Å². The second-order valence-corrected chi connectivity index (χ2v) is 4.27. The van der Waals surface area contributed by atoms with E-state index in [2.05, 4.69) is 32.9 Å². The fourth-order valence-corrected chi connectivity index (χ4v) is 2.45. The van der Waals surface area contributed by atoms with Crippen LogP contribution in [0, 0.1) is 6.92 Å². The predicted octanol–water partition coefficient (Wildman–Crippen LogP) is 1.74. The van der Waals surface area contributed by atoms with Crippen LogP contribution in [0.5, 0.6) is 0 Å². The van der Waals surface area contributed by atoms with Gasteiger partial charge in [0.25, 0.3) is 0 Å². The van der Waals surface area contributed by atoms with Gasteiger partial charge >= 0.3 is 0 Å². The van der Waals surface area contributed by atoms with Gasteiger partial charge in [0.1, 0.15) is 6.33 Å². The Morgan fingerprint density at radius 2 is 2.25 bits per heavy atom. The number of hydrogen-bond acceptors (Lipinski definition) is 5. The quantitative estimate of drug-likeness (QED) is 0.692. The summed E-state index contributed by atoms with van der Waals surface area (Å²) in [5.41, 5.74) is 9.69. The molecule has 3 aromatic heterocycles. The van der Waals surface area contributed by atoms with E-state index in [9.17, 15) is 0 Å². The Kier molecular flexibility index (Phi) is 1.90. The number of nitrogens with zero attached hydrogens (tertiary/aromatic N) is 4. The normalized spacial score (nSPS) is 11.1. The number of fused-ring (bicyclic) bond motifs is 1. The van der Waals surface area contributed by atoms with E-state index >= 15 is 0 Å². The van der Waals surface area contributed by atoms with Gasteiger partial charge in [-0.25, -0.2) is 4.98 Å². The fourth-order valence-electron chi connectivity index (χ4n) is 1.61. The van der Waals surface area contributed by atoms with Crippen molar-refractivity contribution in [2.45, 2.75) is 6.92 Å². The molecule has 5 nitrogen and oxygen atoms in total. The highest BCUT2D eigenvalue weighted by Gasteiger charge is 2.08. The molecule has 0 saturated heterocycles. The van der Waals surface area contributed by atoms with Crippen LogP contribution in [0.1, 0.15) is 5.56 Å². The molecule has 2 N–H and O–H groups in total. The van der Waals surface area contributed by atoms with E-state index in [1.165, 1.54) is 5.56 Å². The molecule has 0 aliphatic rings. The molecule has 0 saturated carbocycles. The van der Waals surface area contributed by atoms with Crippen molar-refractivity contribution in [3.63, 3.8) is 0 Å². The summed E-state index contributed by atoms with van der Waals surface area (Å²) in [6.45, 7) is 2.05. The largest absolute Gasteiger partial charge is 0.369 e. The van der Waals surface area contributed by atoms with Crippen molar-refractivity contribution in [3.05, 3.63) is 28.7 Å². The van der Waals surface area contributed by atoms with Crippen LogP contribution in [0.4, 0.5) is 5.95 Å². The molecule has 16 heavy (non-hydrogen) atoms. The van der Waals surface area contributed by atoms with Crippen LogP contribution in [0.25, 0.3) is 16.9 Å². The van der Waals surface area contributed by atoms with E-state index < -0.39 is 0 Å². The van der Waals surface area contributed by atoms with Gasteiger partial charge in [0.2, 0.25) is 5.95 Å². The van der Waals surface area contributed by atoms with Crippen LogP contribution < -0.4 is 5.73 Å². The van der Waals surface area contributed by atoms with E-state index in [0.29, 0.717) is 11.6 Å². The maximum absolute atomic E-state index is 5.83. The summed E-state index contributed by atoms with van der Waals surface area (Å²) in [6, 6.07) is 1.89. The molecular formula is C10H9N5S. The van der Waals surface area contributed by atoms with Crippen molar-refractivity contribution >= 4 is 22.9 Å². The lowest BCUT2D eigenvalue weighted by molar-refractivity contribution is 1.09. The van der Waals surface area contributed by atoms with Gasteiger partial charge in [-0.2, -0.15) is 11.3 Å². The highest BCUT2D eigenvalue weighted by atomic mass is 32.1. The Labute approximate surface area is 95.6 Å². The van der Waals surface area contributed by atoms with Gasteiger partial charge in [0.05, 0.1) is 5.69 Å². The minimum absolute atomic E-state index is 0.406. The molecule has 3 rings (SSSR count). The maximum atomic E-state index is 5.83. The average molecular weight is 231 g/mol. The summed E-state index contributed by atoms with van der Waals surface area (Å²) in [4.78, 5) is 4.34. The van der Waals surface area contributed by atoms with Gasteiger partial charge in [-0.15, -0.1) is 10.2 Å². The van der Waals surface area contributed by atoms with Gasteiger partial charge in [-0.1, -0.05) is 0 Å². The number of rotatable bonds is 1. The summed E-state index contributed by atoms with van der Waals surface area (Å²) in [6.07, 6.45) is 1.56.